The number of rotatable bonds is 6. The van der Waals surface area contributed by atoms with Crippen molar-refractivity contribution >= 4 is 57.4 Å². The third-order valence-electron chi connectivity index (χ3n) is 6.66. The molecular formula is C30H23N3O5S. The Hall–Kier alpha value is -4.89. The van der Waals surface area contributed by atoms with E-state index in [1.165, 1.54) is 41.2 Å². The van der Waals surface area contributed by atoms with Gasteiger partial charge >= 0.3 is 0 Å². The largest absolute Gasteiger partial charge is 0.497 e. The number of non-ortho nitro benzene ring substituents is 1. The van der Waals surface area contributed by atoms with Crippen molar-refractivity contribution in [2.75, 3.05) is 12.0 Å². The van der Waals surface area contributed by atoms with Crippen LogP contribution in [0.3, 0.4) is 0 Å². The number of carbonyl (C=O) groups is 2. The lowest BCUT2D eigenvalue weighted by Gasteiger charge is -2.40. The number of anilines is 1. The number of amides is 2. The van der Waals surface area contributed by atoms with E-state index < -0.39 is 22.8 Å². The van der Waals surface area contributed by atoms with Crippen LogP contribution in [0.25, 0.3) is 16.8 Å². The van der Waals surface area contributed by atoms with Crippen LogP contribution in [0.1, 0.15) is 24.1 Å². The highest BCUT2D eigenvalue weighted by molar-refractivity contribution is 7.80. The van der Waals surface area contributed by atoms with E-state index in [1.54, 1.807) is 30.3 Å². The maximum Gasteiger partial charge on any atom is 0.270 e. The molecule has 1 fully saturated rings. The number of nitro benzene ring substituents is 1. The van der Waals surface area contributed by atoms with Crippen LogP contribution >= 0.6 is 12.2 Å². The van der Waals surface area contributed by atoms with Gasteiger partial charge in [0.05, 0.1) is 23.8 Å². The molecule has 0 spiro atoms. The maximum atomic E-state index is 14.0. The Bertz CT molecular complexity index is 1660. The lowest BCUT2D eigenvalue weighted by molar-refractivity contribution is -0.384. The summed E-state index contributed by atoms with van der Waals surface area (Å²) in [4.78, 5) is 41.3. The number of hydrogen-bond acceptors (Lipinski definition) is 6. The Morgan fingerprint density at radius 1 is 0.923 bits per heavy atom. The molecule has 4 aromatic carbocycles. The molecule has 1 saturated heterocycles. The van der Waals surface area contributed by atoms with Crippen molar-refractivity contribution in [3.05, 3.63) is 118 Å². The molecule has 0 N–H and O–H groups in total. The quantitative estimate of drug-likeness (QED) is 0.0976. The fourth-order valence-corrected chi connectivity index (χ4v) is 5.13. The molecule has 2 amide bonds. The van der Waals surface area contributed by atoms with Gasteiger partial charge in [0.1, 0.15) is 11.3 Å². The highest BCUT2D eigenvalue weighted by Gasteiger charge is 2.43. The molecule has 4 aromatic rings. The van der Waals surface area contributed by atoms with E-state index in [4.69, 9.17) is 17.0 Å². The highest BCUT2D eigenvalue weighted by Crippen LogP contribution is 2.35. The van der Waals surface area contributed by atoms with Crippen LogP contribution < -0.4 is 9.64 Å². The number of ether oxygens (including phenoxy) is 1. The predicted molar refractivity (Wildman–Crippen MR) is 153 cm³/mol. The van der Waals surface area contributed by atoms with Gasteiger partial charge in [-0.25, -0.2) is 0 Å². The van der Waals surface area contributed by atoms with Gasteiger partial charge in [0.2, 0.25) is 0 Å². The van der Waals surface area contributed by atoms with E-state index in [0.717, 1.165) is 16.3 Å². The summed E-state index contributed by atoms with van der Waals surface area (Å²) in [7, 11) is 1.54. The highest BCUT2D eigenvalue weighted by atomic mass is 32.1. The molecule has 0 aromatic heterocycles. The van der Waals surface area contributed by atoms with E-state index in [1.807, 2.05) is 49.4 Å². The molecule has 1 heterocycles. The van der Waals surface area contributed by atoms with Crippen molar-refractivity contribution in [1.29, 1.82) is 0 Å². The van der Waals surface area contributed by atoms with E-state index in [0.29, 0.717) is 17.0 Å². The fourth-order valence-electron chi connectivity index (χ4n) is 4.70. The minimum absolute atomic E-state index is 0.0341. The standard InChI is InChI=1S/C30H23N3O5S/c1-19(25-12-6-9-21-8-3-4-11-26(21)25)31-28(34)27(18-20-7-5-10-23(17-20)33(36)37)29(35)32(30(31)39)22-13-15-24(38-2)16-14-22/h3-19H,1-2H3/b27-18+. The van der Waals surface area contributed by atoms with Crippen molar-refractivity contribution < 1.29 is 19.2 Å². The van der Waals surface area contributed by atoms with Gasteiger partial charge < -0.3 is 4.74 Å². The summed E-state index contributed by atoms with van der Waals surface area (Å²) in [6.07, 6.45) is 1.37. The predicted octanol–water partition coefficient (Wildman–Crippen LogP) is 6.06. The Balaban J connectivity index is 1.66. The molecule has 1 aliphatic heterocycles. The first-order chi connectivity index (χ1) is 18.8. The summed E-state index contributed by atoms with van der Waals surface area (Å²) in [5.41, 5.74) is 1.36. The van der Waals surface area contributed by atoms with Crippen molar-refractivity contribution in [3.8, 4) is 5.75 Å². The molecule has 1 aliphatic rings. The second kappa shape index (κ2) is 10.5. The lowest BCUT2D eigenvalue weighted by atomic mass is 9.97. The third-order valence-corrected chi connectivity index (χ3v) is 7.04. The molecule has 39 heavy (non-hydrogen) atoms. The molecule has 1 atom stereocenters. The summed E-state index contributed by atoms with van der Waals surface area (Å²) in [6, 6.07) is 25.7. The smallest absolute Gasteiger partial charge is 0.270 e. The van der Waals surface area contributed by atoms with Gasteiger partial charge in [-0.1, -0.05) is 54.6 Å². The molecule has 9 heteroatoms. The zero-order valence-corrected chi connectivity index (χ0v) is 21.9. The average Bonchev–Trinajstić information content (AvgIpc) is 2.95. The normalized spacial score (nSPS) is 15.6. The van der Waals surface area contributed by atoms with Gasteiger partial charge in [0.15, 0.2) is 5.11 Å². The Labute approximate surface area is 229 Å². The average molecular weight is 538 g/mol. The topological polar surface area (TPSA) is 93.0 Å². The number of thiocarbonyl (C=S) groups is 1. The first kappa shape index (κ1) is 25.7. The molecule has 5 rings (SSSR count). The van der Waals surface area contributed by atoms with E-state index in [9.17, 15) is 19.7 Å². The van der Waals surface area contributed by atoms with Gasteiger partial charge in [-0.15, -0.1) is 0 Å². The van der Waals surface area contributed by atoms with Gasteiger partial charge in [0.25, 0.3) is 17.5 Å². The number of nitro groups is 1. The monoisotopic (exact) mass is 537 g/mol. The molecule has 194 valence electrons. The first-order valence-electron chi connectivity index (χ1n) is 12.1. The van der Waals surface area contributed by atoms with Gasteiger partial charge in [0, 0.05) is 12.1 Å². The third kappa shape index (κ3) is 4.75. The van der Waals surface area contributed by atoms with Crippen molar-refractivity contribution in [1.82, 2.24) is 4.90 Å². The minimum Gasteiger partial charge on any atom is -0.497 e. The lowest BCUT2D eigenvalue weighted by Crippen LogP contribution is -2.57. The molecule has 0 radical (unpaired) electrons. The Kier molecular flexibility index (Phi) is 6.91. The van der Waals surface area contributed by atoms with E-state index in [2.05, 4.69) is 0 Å². The summed E-state index contributed by atoms with van der Waals surface area (Å²) >= 11 is 5.78. The molecule has 8 nitrogen and oxygen atoms in total. The Morgan fingerprint density at radius 3 is 2.33 bits per heavy atom. The van der Waals surface area contributed by atoms with Crippen LogP contribution in [0.5, 0.6) is 5.75 Å². The SMILES string of the molecule is COc1ccc(N2C(=O)/C(=C/c3cccc([N+](=O)[O-])c3)C(=O)N(C(C)c3cccc4ccccc34)C2=S)cc1. The van der Waals surface area contributed by atoms with Gasteiger partial charge in [-0.2, -0.15) is 0 Å². The summed E-state index contributed by atoms with van der Waals surface area (Å²) in [5.74, 6) is -0.608. The van der Waals surface area contributed by atoms with E-state index >= 15 is 0 Å². The van der Waals surface area contributed by atoms with Crippen molar-refractivity contribution in [2.45, 2.75) is 13.0 Å². The van der Waals surface area contributed by atoms with Gasteiger partial charge in [-0.05, 0) is 71.4 Å². The molecule has 0 bridgehead atoms. The number of carbonyl (C=O) groups excluding carboxylic acids is 2. The number of fused-ring (bicyclic) bond motifs is 1. The second-order valence-corrected chi connectivity index (χ2v) is 9.32. The van der Waals surface area contributed by atoms with Crippen LogP contribution in [-0.2, 0) is 9.59 Å². The van der Waals surface area contributed by atoms with Crippen molar-refractivity contribution in [3.63, 3.8) is 0 Å². The first-order valence-corrected chi connectivity index (χ1v) is 12.5. The number of nitrogens with zero attached hydrogens (tertiary/aromatic N) is 3. The van der Waals surface area contributed by atoms with Crippen LogP contribution in [0, 0.1) is 10.1 Å². The summed E-state index contributed by atoms with van der Waals surface area (Å²) in [6.45, 7) is 1.86. The number of methoxy groups -OCH3 is 1. The maximum absolute atomic E-state index is 14.0. The van der Waals surface area contributed by atoms with Crippen LogP contribution in [-0.4, -0.2) is 33.9 Å². The number of hydrogen-bond donors (Lipinski definition) is 0. The summed E-state index contributed by atoms with van der Waals surface area (Å²) < 4.78 is 5.25. The van der Waals surface area contributed by atoms with Crippen LogP contribution in [0.4, 0.5) is 11.4 Å². The zero-order valence-electron chi connectivity index (χ0n) is 21.1. The molecule has 0 saturated carbocycles. The van der Waals surface area contributed by atoms with E-state index in [-0.39, 0.29) is 16.4 Å². The fraction of sp³-hybridized carbons (Fsp3) is 0.100. The minimum atomic E-state index is -0.622. The summed E-state index contributed by atoms with van der Waals surface area (Å²) in [5, 5.41) is 13.3. The van der Waals surface area contributed by atoms with Crippen LogP contribution in [0.2, 0.25) is 0 Å². The van der Waals surface area contributed by atoms with Crippen LogP contribution in [0.15, 0.2) is 96.6 Å². The number of benzene rings is 4. The molecule has 0 aliphatic carbocycles. The molecular weight excluding hydrogens is 514 g/mol. The molecule has 1 unspecified atom stereocenters. The van der Waals surface area contributed by atoms with Gasteiger partial charge in [-0.3, -0.25) is 29.5 Å². The zero-order chi connectivity index (χ0) is 27.7. The second-order valence-electron chi connectivity index (χ2n) is 8.95. The Morgan fingerprint density at radius 2 is 1.62 bits per heavy atom. The van der Waals surface area contributed by atoms with Crippen molar-refractivity contribution in [2.24, 2.45) is 0 Å².